The number of aryl methyl sites for hydroxylation is 1. The minimum Gasteiger partial charge on any atom is -0.497 e. The average molecular weight is 689 g/mol. The second-order valence-electron chi connectivity index (χ2n) is 14.1. The molecule has 49 heavy (non-hydrogen) atoms. The number of methoxy groups -OCH3 is 2. The Morgan fingerprint density at radius 3 is 1.92 bits per heavy atom. The number of hydrogen-bond donors (Lipinski definition) is 2. The molecule has 2 heterocycles. The summed E-state index contributed by atoms with van der Waals surface area (Å²) < 4.78 is 33.2. The van der Waals surface area contributed by atoms with Gasteiger partial charge in [-0.05, 0) is 66.0 Å². The fourth-order valence-electron chi connectivity index (χ4n) is 6.15. The van der Waals surface area contributed by atoms with E-state index in [0.29, 0.717) is 17.1 Å². The summed E-state index contributed by atoms with van der Waals surface area (Å²) in [5.41, 5.74) is -0.884. The molecule has 1 aliphatic rings. The smallest absolute Gasteiger partial charge is 0.330 e. The van der Waals surface area contributed by atoms with Gasteiger partial charge in [0.05, 0.1) is 33.5 Å². The first kappa shape index (κ1) is 36.3. The van der Waals surface area contributed by atoms with Crippen molar-refractivity contribution in [1.82, 2.24) is 9.55 Å². The van der Waals surface area contributed by atoms with Gasteiger partial charge < -0.3 is 28.5 Å². The zero-order chi connectivity index (χ0) is 35.6. The first-order valence-electron chi connectivity index (χ1n) is 16.5. The number of hydrogen-bond acceptors (Lipinski definition) is 8. The van der Waals surface area contributed by atoms with E-state index >= 15 is 0 Å². The minimum atomic E-state index is -2.40. The summed E-state index contributed by atoms with van der Waals surface area (Å²) in [4.78, 5) is 27.9. The lowest BCUT2D eigenvalue weighted by Gasteiger charge is -2.40. The van der Waals surface area contributed by atoms with Gasteiger partial charge in [0.25, 0.3) is 5.56 Å². The van der Waals surface area contributed by atoms with Crippen molar-refractivity contribution in [3.63, 3.8) is 0 Å². The lowest BCUT2D eigenvalue weighted by Crippen LogP contribution is -2.48. The van der Waals surface area contributed by atoms with Crippen molar-refractivity contribution < 1.29 is 28.5 Å². The van der Waals surface area contributed by atoms with Crippen molar-refractivity contribution in [2.75, 3.05) is 27.4 Å². The molecular weight excluding hydrogens is 641 g/mol. The molecule has 3 aromatic carbocycles. The molecule has 2 N–H and O–H groups in total. The maximum absolute atomic E-state index is 13.2. The molecule has 0 radical (unpaired) electrons. The van der Waals surface area contributed by atoms with Crippen molar-refractivity contribution >= 4 is 8.32 Å². The number of nitrogens with zero attached hydrogens (tertiary/aromatic N) is 1. The monoisotopic (exact) mass is 688 g/mol. The van der Waals surface area contributed by atoms with E-state index in [0.717, 1.165) is 16.7 Å². The SMILES string of the molecule is COc1ccc(C(OC[C@H]2O[C@@](CO)(n3cc(C)c(=O)[nH]c3=O)CC2O[Si](C)(C)C(C)(C)C)(c2ccccc2)c2ccc(OC)cc2)cc1. The average Bonchev–Trinajstić information content (AvgIpc) is 3.44. The third-order valence-corrected chi connectivity index (χ3v) is 14.5. The van der Waals surface area contributed by atoms with Crippen molar-refractivity contribution in [1.29, 1.82) is 0 Å². The Morgan fingerprint density at radius 1 is 0.898 bits per heavy atom. The second-order valence-corrected chi connectivity index (χ2v) is 18.9. The number of aromatic amines is 1. The number of benzene rings is 3. The highest BCUT2D eigenvalue weighted by Crippen LogP contribution is 2.46. The molecule has 0 bridgehead atoms. The van der Waals surface area contributed by atoms with E-state index in [1.54, 1.807) is 21.1 Å². The molecule has 0 spiro atoms. The third kappa shape index (κ3) is 7.04. The molecule has 1 unspecified atom stereocenters. The van der Waals surface area contributed by atoms with Crippen LogP contribution in [0.3, 0.4) is 0 Å². The van der Waals surface area contributed by atoms with Gasteiger partial charge in [-0.1, -0.05) is 75.4 Å². The molecule has 11 heteroatoms. The van der Waals surface area contributed by atoms with Gasteiger partial charge in [0, 0.05) is 18.2 Å². The number of nitrogens with one attached hydrogen (secondary N) is 1. The molecule has 4 aromatic rings. The first-order chi connectivity index (χ1) is 23.2. The highest BCUT2D eigenvalue weighted by molar-refractivity contribution is 6.74. The highest BCUT2D eigenvalue weighted by Gasteiger charge is 2.53. The molecule has 0 amide bonds. The van der Waals surface area contributed by atoms with Crippen LogP contribution in [0.4, 0.5) is 0 Å². The van der Waals surface area contributed by atoms with Crippen LogP contribution in [0.2, 0.25) is 18.1 Å². The van der Waals surface area contributed by atoms with Crippen LogP contribution in [0, 0.1) is 6.92 Å². The Labute approximate surface area is 288 Å². The highest BCUT2D eigenvalue weighted by atomic mass is 28.4. The van der Waals surface area contributed by atoms with Crippen LogP contribution in [0.25, 0.3) is 0 Å². The van der Waals surface area contributed by atoms with E-state index in [9.17, 15) is 14.7 Å². The summed E-state index contributed by atoms with van der Waals surface area (Å²) in [6, 6.07) is 25.5. The Hall–Kier alpha value is -4.00. The van der Waals surface area contributed by atoms with Gasteiger partial charge in [0.1, 0.15) is 23.2 Å². The van der Waals surface area contributed by atoms with Gasteiger partial charge >= 0.3 is 5.69 Å². The Kier molecular flexibility index (Phi) is 10.4. The Balaban J connectivity index is 1.65. The molecule has 1 saturated heterocycles. The lowest BCUT2D eigenvalue weighted by molar-refractivity contribution is -0.158. The number of aromatic nitrogens is 2. The van der Waals surface area contributed by atoms with Gasteiger partial charge in [-0.25, -0.2) is 4.79 Å². The molecule has 1 fully saturated rings. The molecule has 10 nitrogen and oxygen atoms in total. The lowest BCUT2D eigenvalue weighted by atomic mass is 9.80. The fourth-order valence-corrected chi connectivity index (χ4v) is 7.50. The summed E-state index contributed by atoms with van der Waals surface area (Å²) >= 11 is 0. The standard InChI is InChI=1S/C38H48N2O8Si/c1-26-23-40(35(43)39-34(26)42)37(25-41)22-32(48-49(7,8)36(2,3)4)33(47-37)24-46-38(27-12-10-9-11-13-27,28-14-18-30(44-5)19-15-28)29-16-20-31(45-6)21-17-29/h9-21,23,32-33,41H,22,24-25H2,1-8H3,(H,39,42,43)/t32?,33-,37+/m1/s1. The quantitative estimate of drug-likeness (QED) is 0.144. The van der Waals surface area contributed by atoms with Crippen LogP contribution in [0.15, 0.2) is 94.6 Å². The van der Waals surface area contributed by atoms with Crippen molar-refractivity contribution in [3.05, 3.63) is 128 Å². The number of rotatable bonds is 12. The molecule has 5 rings (SSSR count). The summed E-state index contributed by atoms with van der Waals surface area (Å²) in [5.74, 6) is 1.41. The predicted octanol–water partition coefficient (Wildman–Crippen LogP) is 5.70. The van der Waals surface area contributed by atoms with Crippen LogP contribution in [0.5, 0.6) is 11.5 Å². The van der Waals surface area contributed by atoms with Crippen LogP contribution in [0.1, 0.15) is 49.4 Å². The zero-order valence-corrected chi connectivity index (χ0v) is 30.6. The molecular formula is C38H48N2O8Si. The van der Waals surface area contributed by atoms with Gasteiger partial charge in [-0.3, -0.25) is 14.3 Å². The van der Waals surface area contributed by atoms with Gasteiger partial charge in [-0.2, -0.15) is 0 Å². The van der Waals surface area contributed by atoms with Crippen molar-refractivity contribution in [2.45, 2.75) is 75.8 Å². The molecule has 262 valence electrons. The Morgan fingerprint density at radius 2 is 1.43 bits per heavy atom. The van der Waals surface area contributed by atoms with E-state index in [2.05, 4.69) is 38.8 Å². The maximum Gasteiger partial charge on any atom is 0.330 e. The van der Waals surface area contributed by atoms with Gasteiger partial charge in [-0.15, -0.1) is 0 Å². The Bertz CT molecular complexity index is 1780. The van der Waals surface area contributed by atoms with E-state index in [1.165, 1.54) is 10.8 Å². The second kappa shape index (κ2) is 14.1. The molecule has 1 aliphatic heterocycles. The predicted molar refractivity (Wildman–Crippen MR) is 191 cm³/mol. The van der Waals surface area contributed by atoms with Gasteiger partial charge in [0.15, 0.2) is 14.0 Å². The minimum absolute atomic E-state index is 0.0328. The van der Waals surface area contributed by atoms with Crippen molar-refractivity contribution in [3.8, 4) is 11.5 Å². The van der Waals surface area contributed by atoms with Crippen LogP contribution >= 0.6 is 0 Å². The molecule has 3 atom stereocenters. The fraction of sp³-hybridized carbons (Fsp3) is 0.421. The van der Waals surface area contributed by atoms with Crippen LogP contribution in [-0.4, -0.2) is 62.6 Å². The van der Waals surface area contributed by atoms with Crippen LogP contribution in [-0.2, 0) is 25.2 Å². The van der Waals surface area contributed by atoms with E-state index in [1.807, 2.05) is 78.9 Å². The van der Waals surface area contributed by atoms with Crippen molar-refractivity contribution in [2.24, 2.45) is 0 Å². The maximum atomic E-state index is 13.2. The molecule has 0 aliphatic carbocycles. The largest absolute Gasteiger partial charge is 0.497 e. The summed E-state index contributed by atoms with van der Waals surface area (Å²) in [6.45, 7) is 11.9. The number of ether oxygens (including phenoxy) is 4. The number of aliphatic hydroxyl groups is 1. The molecule has 0 saturated carbocycles. The zero-order valence-electron chi connectivity index (χ0n) is 29.6. The first-order valence-corrected chi connectivity index (χ1v) is 19.4. The summed E-state index contributed by atoms with van der Waals surface area (Å²) in [7, 11) is 0.855. The number of H-pyrrole nitrogens is 1. The van der Waals surface area contributed by atoms with Gasteiger partial charge in [0.2, 0.25) is 0 Å². The van der Waals surface area contributed by atoms with E-state index < -0.39 is 49.7 Å². The molecule has 1 aromatic heterocycles. The summed E-state index contributed by atoms with van der Waals surface area (Å²) in [6.07, 6.45) is 0.346. The number of aliphatic hydroxyl groups excluding tert-OH is 1. The van der Waals surface area contributed by atoms with E-state index in [-0.39, 0.29) is 18.1 Å². The normalized spacial score (nSPS) is 19.9. The van der Waals surface area contributed by atoms with E-state index in [4.69, 9.17) is 23.4 Å². The summed E-state index contributed by atoms with van der Waals surface area (Å²) in [5, 5.41) is 10.8. The topological polar surface area (TPSA) is 121 Å². The third-order valence-electron chi connectivity index (χ3n) is 10.0. The van der Waals surface area contributed by atoms with Crippen LogP contribution < -0.4 is 20.7 Å².